The van der Waals surface area contributed by atoms with Crippen LogP contribution >= 0.6 is 46.1 Å². The van der Waals surface area contributed by atoms with Crippen LogP contribution in [0, 0.1) is 0 Å². The van der Waals surface area contributed by atoms with Crippen molar-refractivity contribution in [3.8, 4) is 0 Å². The highest BCUT2D eigenvalue weighted by molar-refractivity contribution is 7.16. The van der Waals surface area contributed by atoms with Gasteiger partial charge < -0.3 is 4.57 Å². The molecule has 1 heterocycles. The fourth-order valence-electron chi connectivity index (χ4n) is 2.30. The summed E-state index contributed by atoms with van der Waals surface area (Å²) in [6.07, 6.45) is 1.73. The van der Waals surface area contributed by atoms with E-state index in [2.05, 4.69) is 11.6 Å². The van der Waals surface area contributed by atoms with Gasteiger partial charge in [0.05, 0.1) is 15.2 Å². The molecule has 0 atom stereocenters. The summed E-state index contributed by atoms with van der Waals surface area (Å²) in [5.41, 5.74) is 1.17. The first kappa shape index (κ1) is 17.2. The molecule has 7 heteroatoms. The number of carbonyl (C=O) groups excluding carboxylic acids is 1. The van der Waals surface area contributed by atoms with Crippen molar-refractivity contribution in [3.05, 3.63) is 74.5 Å². The van der Waals surface area contributed by atoms with Gasteiger partial charge in [-0.2, -0.15) is 4.99 Å². The Morgan fingerprint density at radius 3 is 2.58 bits per heavy atom. The average molecular weight is 398 g/mol. The molecule has 3 rings (SSSR count). The number of nitrogens with zero attached hydrogens (tertiary/aromatic N) is 2. The summed E-state index contributed by atoms with van der Waals surface area (Å²) in [5, 5.41) is 1.38. The van der Waals surface area contributed by atoms with Crippen molar-refractivity contribution in [3.63, 3.8) is 0 Å². The van der Waals surface area contributed by atoms with Gasteiger partial charge in [0.25, 0.3) is 5.91 Å². The summed E-state index contributed by atoms with van der Waals surface area (Å²) in [5.74, 6) is -0.417. The molecule has 24 heavy (non-hydrogen) atoms. The molecular formula is C17H11Cl3N2OS. The molecule has 0 spiro atoms. The maximum atomic E-state index is 12.5. The molecule has 0 saturated carbocycles. The molecular weight excluding hydrogens is 387 g/mol. The fourth-order valence-corrected chi connectivity index (χ4v) is 4.22. The van der Waals surface area contributed by atoms with Gasteiger partial charge in [0.15, 0.2) is 4.80 Å². The number of hydrogen-bond acceptors (Lipinski definition) is 2. The highest BCUT2D eigenvalue weighted by Crippen LogP contribution is 2.25. The molecule has 0 aliphatic carbocycles. The number of hydrogen-bond donors (Lipinski definition) is 0. The lowest BCUT2D eigenvalue weighted by molar-refractivity contribution is 0.0998. The third-order valence-electron chi connectivity index (χ3n) is 3.27. The molecule has 1 aromatic heterocycles. The van der Waals surface area contributed by atoms with Gasteiger partial charge in [-0.3, -0.25) is 4.79 Å². The Labute approximate surface area is 157 Å². The molecule has 3 aromatic rings. The van der Waals surface area contributed by atoms with E-state index in [0.29, 0.717) is 32.0 Å². The van der Waals surface area contributed by atoms with E-state index in [1.54, 1.807) is 18.2 Å². The largest absolute Gasteiger partial charge is 0.311 e. The van der Waals surface area contributed by atoms with Crippen molar-refractivity contribution in [1.82, 2.24) is 4.57 Å². The van der Waals surface area contributed by atoms with Crippen LogP contribution in [0.15, 0.2) is 54.0 Å². The number of amides is 1. The number of rotatable bonds is 3. The van der Waals surface area contributed by atoms with E-state index >= 15 is 0 Å². The smallest absolute Gasteiger partial charge is 0.279 e. The van der Waals surface area contributed by atoms with Gasteiger partial charge in [0.2, 0.25) is 0 Å². The quantitative estimate of drug-likeness (QED) is 0.530. The Hall–Kier alpha value is -1.59. The molecule has 122 valence electrons. The van der Waals surface area contributed by atoms with Gasteiger partial charge in [-0.15, -0.1) is 6.58 Å². The van der Waals surface area contributed by atoms with Crippen LogP contribution in [0.1, 0.15) is 10.4 Å². The minimum Gasteiger partial charge on any atom is -0.311 e. The first-order valence-corrected chi connectivity index (χ1v) is 8.88. The molecule has 0 aliphatic heterocycles. The van der Waals surface area contributed by atoms with Crippen LogP contribution in [0.3, 0.4) is 0 Å². The Morgan fingerprint density at radius 2 is 1.92 bits per heavy atom. The van der Waals surface area contributed by atoms with Gasteiger partial charge in [-0.25, -0.2) is 0 Å². The van der Waals surface area contributed by atoms with E-state index in [4.69, 9.17) is 34.8 Å². The molecule has 1 amide bonds. The van der Waals surface area contributed by atoms with E-state index in [0.717, 1.165) is 10.2 Å². The van der Waals surface area contributed by atoms with Crippen LogP contribution in [-0.4, -0.2) is 10.5 Å². The summed E-state index contributed by atoms with van der Waals surface area (Å²) in [6, 6.07) is 10.2. The number of benzene rings is 2. The molecule has 0 bridgehead atoms. The van der Waals surface area contributed by atoms with Crippen LogP contribution in [0.4, 0.5) is 0 Å². The van der Waals surface area contributed by atoms with E-state index in [1.807, 2.05) is 16.7 Å². The predicted octanol–water partition coefficient (Wildman–Crippen LogP) is 5.59. The van der Waals surface area contributed by atoms with Crippen molar-refractivity contribution in [1.29, 1.82) is 0 Å². The summed E-state index contributed by atoms with van der Waals surface area (Å²) < 4.78 is 2.80. The zero-order valence-electron chi connectivity index (χ0n) is 12.3. The van der Waals surface area contributed by atoms with Crippen LogP contribution in [-0.2, 0) is 6.54 Å². The lowest BCUT2D eigenvalue weighted by Crippen LogP contribution is -2.16. The second-order valence-electron chi connectivity index (χ2n) is 4.95. The maximum Gasteiger partial charge on any atom is 0.279 e. The highest BCUT2D eigenvalue weighted by Gasteiger charge is 2.12. The Morgan fingerprint density at radius 1 is 1.21 bits per heavy atom. The summed E-state index contributed by atoms with van der Waals surface area (Å²) in [7, 11) is 0. The number of aromatic nitrogens is 1. The van der Waals surface area contributed by atoms with E-state index in [1.165, 1.54) is 23.5 Å². The molecule has 0 N–H and O–H groups in total. The Kier molecular flexibility index (Phi) is 5.11. The monoisotopic (exact) mass is 396 g/mol. The predicted molar refractivity (Wildman–Crippen MR) is 101 cm³/mol. The molecule has 0 saturated heterocycles. The average Bonchev–Trinajstić information content (AvgIpc) is 2.85. The number of carbonyl (C=O) groups is 1. The van der Waals surface area contributed by atoms with E-state index in [9.17, 15) is 4.79 Å². The van der Waals surface area contributed by atoms with Gasteiger partial charge >= 0.3 is 0 Å². The SMILES string of the molecule is C=CCn1c(=NC(=O)c2cc(Cl)cc(Cl)c2)sc2cccc(Cl)c21. The summed E-state index contributed by atoms with van der Waals surface area (Å²) in [6.45, 7) is 4.25. The van der Waals surface area contributed by atoms with Gasteiger partial charge in [-0.1, -0.05) is 58.3 Å². The van der Waals surface area contributed by atoms with Crippen LogP contribution in [0.25, 0.3) is 10.2 Å². The minimum absolute atomic E-state index is 0.334. The molecule has 2 aromatic carbocycles. The van der Waals surface area contributed by atoms with Crippen LogP contribution in [0.2, 0.25) is 15.1 Å². The first-order chi connectivity index (χ1) is 11.5. The van der Waals surface area contributed by atoms with Gasteiger partial charge in [0, 0.05) is 22.2 Å². The van der Waals surface area contributed by atoms with Crippen molar-refractivity contribution >= 4 is 62.3 Å². The molecule has 0 aliphatic rings. The van der Waals surface area contributed by atoms with Gasteiger partial charge in [0.1, 0.15) is 0 Å². The van der Waals surface area contributed by atoms with Crippen molar-refractivity contribution < 1.29 is 4.79 Å². The van der Waals surface area contributed by atoms with Crippen molar-refractivity contribution in [2.45, 2.75) is 6.54 Å². The van der Waals surface area contributed by atoms with Crippen molar-refractivity contribution in [2.24, 2.45) is 4.99 Å². The summed E-state index contributed by atoms with van der Waals surface area (Å²) >= 11 is 19.6. The molecule has 0 fully saturated rings. The third-order valence-corrected chi connectivity index (χ3v) is 5.06. The normalized spacial score (nSPS) is 11.9. The first-order valence-electron chi connectivity index (χ1n) is 6.93. The standard InChI is InChI=1S/C17H11Cl3N2OS/c1-2-6-22-15-13(20)4-3-5-14(15)24-17(22)21-16(23)10-7-11(18)9-12(19)8-10/h2-5,7-9H,1,6H2. The highest BCUT2D eigenvalue weighted by atomic mass is 35.5. The number of halogens is 3. The number of para-hydroxylation sites is 1. The Balaban J connectivity index is 2.19. The number of fused-ring (bicyclic) bond motifs is 1. The lowest BCUT2D eigenvalue weighted by atomic mass is 10.2. The van der Waals surface area contributed by atoms with E-state index < -0.39 is 5.91 Å². The maximum absolute atomic E-state index is 12.5. The zero-order chi connectivity index (χ0) is 17.3. The Bertz CT molecular complexity index is 1000. The van der Waals surface area contributed by atoms with Crippen LogP contribution < -0.4 is 4.80 Å². The number of allylic oxidation sites excluding steroid dienone is 1. The molecule has 0 radical (unpaired) electrons. The molecule has 3 nitrogen and oxygen atoms in total. The zero-order valence-corrected chi connectivity index (χ0v) is 15.4. The minimum atomic E-state index is -0.417. The lowest BCUT2D eigenvalue weighted by Gasteiger charge is -2.02. The second-order valence-corrected chi connectivity index (χ2v) is 7.23. The summed E-state index contributed by atoms with van der Waals surface area (Å²) in [4.78, 5) is 17.3. The molecule has 0 unspecified atom stereocenters. The topological polar surface area (TPSA) is 34.4 Å². The van der Waals surface area contributed by atoms with E-state index in [-0.39, 0.29) is 0 Å². The fraction of sp³-hybridized carbons (Fsp3) is 0.0588. The van der Waals surface area contributed by atoms with Crippen molar-refractivity contribution in [2.75, 3.05) is 0 Å². The van der Waals surface area contributed by atoms with Crippen LogP contribution in [0.5, 0.6) is 0 Å². The third kappa shape index (κ3) is 3.42. The van der Waals surface area contributed by atoms with Gasteiger partial charge in [-0.05, 0) is 30.3 Å². The second kappa shape index (κ2) is 7.11. The number of thiazole rings is 1.